The first kappa shape index (κ1) is 8.80. The summed E-state index contributed by atoms with van der Waals surface area (Å²) in [5.41, 5.74) is 5.38. The first-order chi connectivity index (χ1) is 4.91. The van der Waals surface area contributed by atoms with Crippen LogP contribution < -0.4 is 10.9 Å². The largest absolute Gasteiger partial charge is 0.290 e. The molecule has 0 unspecified atom stereocenters. The molecule has 6 heteroatoms. The van der Waals surface area contributed by atoms with Gasteiger partial charge in [-0.25, -0.2) is 0 Å². The highest BCUT2D eigenvalue weighted by Crippen LogP contribution is 1.63. The van der Waals surface area contributed by atoms with Crippen molar-refractivity contribution in [3.8, 4) is 0 Å². The predicted molar refractivity (Wildman–Crippen MR) is 37.6 cm³/mol. The fourth-order valence-corrected chi connectivity index (χ4v) is 0.353. The van der Waals surface area contributed by atoms with Crippen molar-refractivity contribution >= 4 is 0 Å². The van der Waals surface area contributed by atoms with E-state index < -0.39 is 0 Å². The highest BCUT2D eigenvalue weighted by molar-refractivity contribution is 4.39. The van der Waals surface area contributed by atoms with E-state index in [9.17, 15) is 0 Å². The second kappa shape index (κ2) is 7.80. The maximum Gasteiger partial charge on any atom is 0.0537 e. The van der Waals surface area contributed by atoms with Crippen LogP contribution in [0.15, 0.2) is 20.7 Å². The van der Waals surface area contributed by atoms with Gasteiger partial charge in [-0.15, -0.1) is 0 Å². The van der Waals surface area contributed by atoms with Gasteiger partial charge in [0, 0.05) is 0 Å². The Kier molecular flexibility index (Phi) is 6.86. The molecule has 0 rings (SSSR count). The Morgan fingerprint density at radius 1 is 0.900 bits per heavy atom. The first-order valence-electron chi connectivity index (χ1n) is 2.95. The van der Waals surface area contributed by atoms with Gasteiger partial charge in [-0.3, -0.25) is 10.9 Å². The third-order valence-electron chi connectivity index (χ3n) is 0.690. The topological polar surface area (TPSA) is 73.5 Å². The lowest BCUT2D eigenvalue weighted by molar-refractivity contribution is 0.610. The summed E-state index contributed by atoms with van der Waals surface area (Å²) in [4.78, 5) is 0. The van der Waals surface area contributed by atoms with Gasteiger partial charge in [-0.2, -0.15) is 10.2 Å². The van der Waals surface area contributed by atoms with Gasteiger partial charge < -0.3 is 0 Å². The Morgan fingerprint density at radius 2 is 1.30 bits per heavy atom. The lowest BCUT2D eigenvalue weighted by atomic mass is 10.7. The molecule has 0 aliphatic rings. The average molecular weight is 144 g/mol. The van der Waals surface area contributed by atoms with Crippen molar-refractivity contribution in [2.45, 2.75) is 0 Å². The fourth-order valence-electron chi connectivity index (χ4n) is 0.353. The van der Waals surface area contributed by atoms with Crippen LogP contribution in [-0.2, 0) is 0 Å². The van der Waals surface area contributed by atoms with Crippen LogP contribution in [0.1, 0.15) is 0 Å². The monoisotopic (exact) mass is 144 g/mol. The van der Waals surface area contributed by atoms with Crippen molar-refractivity contribution in [2.75, 3.05) is 27.2 Å². The summed E-state index contributed by atoms with van der Waals surface area (Å²) >= 11 is 0. The molecule has 6 nitrogen and oxygen atoms in total. The van der Waals surface area contributed by atoms with Gasteiger partial charge in [-0.1, -0.05) is 10.4 Å². The number of hydrogen-bond acceptors (Lipinski definition) is 4. The van der Waals surface area contributed by atoms with Gasteiger partial charge in [0.2, 0.25) is 0 Å². The summed E-state index contributed by atoms with van der Waals surface area (Å²) in [5, 5.41) is 14.0. The Balaban J connectivity index is 2.90. The molecule has 0 heterocycles. The maximum atomic E-state index is 3.53. The second-order valence-electron chi connectivity index (χ2n) is 1.42. The van der Waals surface area contributed by atoms with Crippen LogP contribution in [0.4, 0.5) is 0 Å². The van der Waals surface area contributed by atoms with Crippen LogP contribution in [0, 0.1) is 0 Å². The van der Waals surface area contributed by atoms with Gasteiger partial charge in [0.15, 0.2) is 0 Å². The van der Waals surface area contributed by atoms with Gasteiger partial charge in [-0.05, 0) is 0 Å². The molecule has 0 saturated carbocycles. The third-order valence-corrected chi connectivity index (χ3v) is 0.690. The van der Waals surface area contributed by atoms with Gasteiger partial charge in [0.1, 0.15) is 0 Å². The van der Waals surface area contributed by atoms with E-state index in [2.05, 4.69) is 31.5 Å². The van der Waals surface area contributed by atoms with E-state index in [1.165, 1.54) is 0 Å². The van der Waals surface area contributed by atoms with Crippen molar-refractivity contribution in [3.63, 3.8) is 0 Å². The third kappa shape index (κ3) is 6.80. The molecule has 0 aromatic carbocycles. The van der Waals surface area contributed by atoms with Gasteiger partial charge in [0.25, 0.3) is 0 Å². The molecule has 0 radical (unpaired) electrons. The van der Waals surface area contributed by atoms with E-state index in [-0.39, 0.29) is 0 Å². The van der Waals surface area contributed by atoms with Crippen LogP contribution in [0.2, 0.25) is 0 Å². The molecule has 0 spiro atoms. The summed E-state index contributed by atoms with van der Waals surface area (Å²) in [6.07, 6.45) is 0. The number of hydrogen-bond donors (Lipinski definition) is 2. The van der Waals surface area contributed by atoms with Gasteiger partial charge >= 0.3 is 0 Å². The van der Waals surface area contributed by atoms with E-state index in [0.29, 0.717) is 13.1 Å². The lowest BCUT2D eigenvalue weighted by Crippen LogP contribution is -2.19. The normalized spacial score (nSPS) is 11.0. The lowest BCUT2D eigenvalue weighted by Gasteiger charge is -1.95. The highest BCUT2D eigenvalue weighted by atomic mass is 15.4. The molecule has 10 heavy (non-hydrogen) atoms. The Hall–Kier alpha value is -1.20. The summed E-state index contributed by atoms with van der Waals surface area (Å²) in [7, 11) is 3.21. The summed E-state index contributed by atoms with van der Waals surface area (Å²) in [5.74, 6) is 0. The molecule has 0 aliphatic carbocycles. The van der Waals surface area contributed by atoms with E-state index in [0.717, 1.165) is 0 Å². The summed E-state index contributed by atoms with van der Waals surface area (Å²) < 4.78 is 0. The Labute approximate surface area is 59.8 Å². The zero-order valence-electron chi connectivity index (χ0n) is 6.20. The summed E-state index contributed by atoms with van der Waals surface area (Å²) in [6.45, 7) is 1.38. The van der Waals surface area contributed by atoms with Crippen LogP contribution in [0.3, 0.4) is 0 Å². The van der Waals surface area contributed by atoms with Crippen LogP contribution in [0.25, 0.3) is 0 Å². The Bertz CT molecular complexity index is 94.3. The predicted octanol–water partition coefficient (Wildman–Crippen LogP) is 0.160. The Morgan fingerprint density at radius 3 is 1.60 bits per heavy atom. The zero-order valence-corrected chi connectivity index (χ0v) is 6.20. The molecular weight excluding hydrogens is 132 g/mol. The average Bonchev–Trinajstić information content (AvgIpc) is 1.97. The molecular formula is C4H12N6. The smallest absolute Gasteiger partial charge is 0.0537 e. The van der Waals surface area contributed by atoms with Crippen molar-refractivity contribution < 1.29 is 0 Å². The molecule has 2 N–H and O–H groups in total. The van der Waals surface area contributed by atoms with Crippen molar-refractivity contribution in [3.05, 3.63) is 0 Å². The summed E-state index contributed by atoms with van der Waals surface area (Å²) in [6, 6.07) is 0. The van der Waals surface area contributed by atoms with E-state index in [1.807, 2.05) is 0 Å². The van der Waals surface area contributed by atoms with Crippen LogP contribution in [-0.4, -0.2) is 27.2 Å². The van der Waals surface area contributed by atoms with Crippen molar-refractivity contribution in [1.29, 1.82) is 0 Å². The molecule has 0 aromatic heterocycles. The molecule has 0 atom stereocenters. The fraction of sp³-hybridized carbons (Fsp3) is 1.00. The van der Waals surface area contributed by atoms with E-state index >= 15 is 0 Å². The first-order valence-corrected chi connectivity index (χ1v) is 2.95. The SMILES string of the molecule is CN=NNCCNN=NC. The van der Waals surface area contributed by atoms with E-state index in [1.54, 1.807) is 14.1 Å². The minimum absolute atomic E-state index is 0.691. The number of nitrogens with zero attached hydrogens (tertiary/aromatic N) is 4. The standard InChI is InChI=1S/C4H12N6/c1-5-9-7-3-4-8-10-6-2/h3-4H2,1-2H3,(H,5,7)(H,6,8). The molecule has 0 amide bonds. The molecule has 0 fully saturated rings. The number of rotatable bonds is 5. The van der Waals surface area contributed by atoms with Crippen molar-refractivity contribution in [2.24, 2.45) is 20.7 Å². The number of nitrogens with one attached hydrogen (secondary N) is 2. The van der Waals surface area contributed by atoms with Gasteiger partial charge in [0.05, 0.1) is 27.2 Å². The zero-order chi connectivity index (χ0) is 7.66. The van der Waals surface area contributed by atoms with Crippen LogP contribution >= 0.6 is 0 Å². The maximum absolute atomic E-state index is 3.53. The minimum Gasteiger partial charge on any atom is -0.290 e. The highest BCUT2D eigenvalue weighted by Gasteiger charge is 1.78. The minimum atomic E-state index is 0.691. The van der Waals surface area contributed by atoms with Crippen molar-refractivity contribution in [1.82, 2.24) is 10.9 Å². The van der Waals surface area contributed by atoms with E-state index in [4.69, 9.17) is 0 Å². The molecule has 0 aromatic rings. The quantitative estimate of drug-likeness (QED) is 0.327. The molecule has 0 saturated heterocycles. The molecule has 58 valence electrons. The second-order valence-corrected chi connectivity index (χ2v) is 1.42. The molecule has 0 aliphatic heterocycles. The molecule has 0 bridgehead atoms. The van der Waals surface area contributed by atoms with Crippen LogP contribution in [0.5, 0.6) is 0 Å².